The Labute approximate surface area is 105 Å². The minimum Gasteiger partial charge on any atom is -0.494 e. The van der Waals surface area contributed by atoms with E-state index < -0.39 is 0 Å². The van der Waals surface area contributed by atoms with Crippen molar-refractivity contribution in [2.24, 2.45) is 0 Å². The Balaban J connectivity index is 2.92. The summed E-state index contributed by atoms with van der Waals surface area (Å²) in [6, 6.07) is 12.0. The van der Waals surface area contributed by atoms with E-state index in [2.05, 4.69) is 5.32 Å². The van der Waals surface area contributed by atoms with Gasteiger partial charge in [0.2, 0.25) is 0 Å². The predicted molar refractivity (Wildman–Crippen MR) is 65.1 cm³/mol. The van der Waals surface area contributed by atoms with Crippen LogP contribution >= 0.6 is 0 Å². The van der Waals surface area contributed by atoms with Crippen molar-refractivity contribution in [1.29, 1.82) is 15.8 Å². The highest BCUT2D eigenvalue weighted by Gasteiger charge is 2.05. The molecule has 0 radical (unpaired) electrons. The maximum atomic E-state index is 8.86. The summed E-state index contributed by atoms with van der Waals surface area (Å²) in [4.78, 5) is 0. The fourth-order valence-electron chi connectivity index (χ4n) is 1.23. The molecule has 0 heterocycles. The van der Waals surface area contributed by atoms with E-state index in [4.69, 9.17) is 20.5 Å². The first-order valence-electron chi connectivity index (χ1n) is 5.19. The fourth-order valence-corrected chi connectivity index (χ4v) is 1.23. The lowest BCUT2D eigenvalue weighted by molar-refractivity contribution is 0.340. The standard InChI is InChI=1S/C13H10N4O/c1-2-18-12-5-3-11(4-6-12)17-13(9-16)10(7-14)8-15/h3-6,17H,2H2,1H3. The third-order valence-corrected chi connectivity index (χ3v) is 2.02. The summed E-state index contributed by atoms with van der Waals surface area (Å²) in [5, 5.41) is 28.9. The number of rotatable bonds is 4. The Bertz CT molecular complexity index is 551. The number of benzene rings is 1. The van der Waals surface area contributed by atoms with Crippen LogP contribution in [0.15, 0.2) is 35.5 Å². The number of anilines is 1. The van der Waals surface area contributed by atoms with E-state index in [9.17, 15) is 0 Å². The summed E-state index contributed by atoms with van der Waals surface area (Å²) < 4.78 is 5.27. The van der Waals surface area contributed by atoms with E-state index in [1.165, 1.54) is 0 Å². The van der Waals surface area contributed by atoms with Crippen LogP contribution < -0.4 is 10.1 Å². The molecule has 0 spiro atoms. The Morgan fingerprint density at radius 3 is 2.17 bits per heavy atom. The zero-order valence-corrected chi connectivity index (χ0v) is 9.77. The molecule has 0 aliphatic carbocycles. The summed E-state index contributed by atoms with van der Waals surface area (Å²) in [6.45, 7) is 2.46. The lowest BCUT2D eigenvalue weighted by Crippen LogP contribution is -2.00. The summed E-state index contributed by atoms with van der Waals surface area (Å²) in [6.07, 6.45) is 0. The highest BCUT2D eigenvalue weighted by molar-refractivity contribution is 5.58. The second kappa shape index (κ2) is 6.58. The van der Waals surface area contributed by atoms with Crippen LogP contribution in [0.5, 0.6) is 5.75 Å². The van der Waals surface area contributed by atoms with Gasteiger partial charge in [0.05, 0.1) is 6.61 Å². The number of hydrogen-bond donors (Lipinski definition) is 1. The van der Waals surface area contributed by atoms with E-state index in [0.29, 0.717) is 18.0 Å². The molecule has 0 saturated carbocycles. The maximum Gasteiger partial charge on any atom is 0.163 e. The van der Waals surface area contributed by atoms with Gasteiger partial charge in [0.25, 0.3) is 0 Å². The number of ether oxygens (including phenoxy) is 1. The lowest BCUT2D eigenvalue weighted by Gasteiger charge is -2.06. The van der Waals surface area contributed by atoms with Gasteiger partial charge in [-0.05, 0) is 31.2 Å². The van der Waals surface area contributed by atoms with Gasteiger partial charge in [-0.2, -0.15) is 15.8 Å². The van der Waals surface area contributed by atoms with Gasteiger partial charge in [-0.1, -0.05) is 0 Å². The summed E-state index contributed by atoms with van der Waals surface area (Å²) in [7, 11) is 0. The first-order chi connectivity index (χ1) is 8.74. The van der Waals surface area contributed by atoms with Crippen molar-refractivity contribution < 1.29 is 4.74 Å². The van der Waals surface area contributed by atoms with Crippen LogP contribution in [0, 0.1) is 34.0 Å². The molecule has 1 rings (SSSR count). The molecule has 0 aliphatic heterocycles. The Morgan fingerprint density at radius 2 is 1.72 bits per heavy atom. The van der Waals surface area contributed by atoms with Crippen molar-refractivity contribution in [3.05, 3.63) is 35.5 Å². The molecule has 1 aromatic rings. The smallest absolute Gasteiger partial charge is 0.163 e. The molecule has 0 fully saturated rings. The first kappa shape index (κ1) is 13.1. The van der Waals surface area contributed by atoms with Crippen molar-refractivity contribution in [2.45, 2.75) is 6.92 Å². The van der Waals surface area contributed by atoms with Gasteiger partial charge in [-0.25, -0.2) is 0 Å². The lowest BCUT2D eigenvalue weighted by atomic mass is 10.2. The molecule has 0 atom stereocenters. The third kappa shape index (κ3) is 3.27. The van der Waals surface area contributed by atoms with Crippen LogP contribution in [-0.2, 0) is 0 Å². The molecule has 5 heteroatoms. The van der Waals surface area contributed by atoms with Crippen molar-refractivity contribution in [2.75, 3.05) is 11.9 Å². The number of nitrogens with one attached hydrogen (secondary N) is 1. The first-order valence-corrected chi connectivity index (χ1v) is 5.19. The summed E-state index contributed by atoms with van der Waals surface area (Å²) >= 11 is 0. The monoisotopic (exact) mass is 238 g/mol. The molecule has 18 heavy (non-hydrogen) atoms. The van der Waals surface area contributed by atoms with Crippen LogP contribution in [0.25, 0.3) is 0 Å². The molecule has 0 aromatic heterocycles. The van der Waals surface area contributed by atoms with Gasteiger partial charge < -0.3 is 10.1 Å². The minimum absolute atomic E-state index is 0.0656. The minimum atomic E-state index is -0.244. The molecule has 5 nitrogen and oxygen atoms in total. The highest BCUT2D eigenvalue weighted by atomic mass is 16.5. The van der Waals surface area contributed by atoms with Crippen molar-refractivity contribution in [1.82, 2.24) is 0 Å². The number of nitriles is 3. The molecule has 1 N–H and O–H groups in total. The highest BCUT2D eigenvalue weighted by Crippen LogP contribution is 2.17. The zero-order chi connectivity index (χ0) is 13.4. The molecule has 88 valence electrons. The largest absolute Gasteiger partial charge is 0.494 e. The van der Waals surface area contributed by atoms with Crippen LogP contribution in [0.1, 0.15) is 6.92 Å². The van der Waals surface area contributed by atoms with E-state index >= 15 is 0 Å². The molecular formula is C13H10N4O. The molecule has 0 aliphatic rings. The third-order valence-electron chi connectivity index (χ3n) is 2.02. The second-order valence-electron chi connectivity index (χ2n) is 3.17. The van der Waals surface area contributed by atoms with Crippen LogP contribution in [0.2, 0.25) is 0 Å². The molecule has 1 aromatic carbocycles. The van der Waals surface area contributed by atoms with Crippen molar-refractivity contribution in [3.63, 3.8) is 0 Å². The molecular weight excluding hydrogens is 228 g/mol. The normalized spacial score (nSPS) is 8.33. The van der Waals surface area contributed by atoms with Gasteiger partial charge in [0, 0.05) is 5.69 Å². The molecule has 0 saturated heterocycles. The second-order valence-corrected chi connectivity index (χ2v) is 3.17. The number of nitrogens with zero attached hydrogens (tertiary/aromatic N) is 3. The van der Waals surface area contributed by atoms with E-state index in [0.717, 1.165) is 0 Å². The van der Waals surface area contributed by atoms with Gasteiger partial charge in [-0.15, -0.1) is 0 Å². The van der Waals surface area contributed by atoms with Crippen molar-refractivity contribution >= 4 is 5.69 Å². The Morgan fingerprint density at radius 1 is 1.11 bits per heavy atom. The Kier molecular flexibility index (Phi) is 4.79. The molecule has 0 bridgehead atoms. The predicted octanol–water partition coefficient (Wildman–Crippen LogP) is 2.32. The molecule has 0 unspecified atom stereocenters. The van der Waals surface area contributed by atoms with Gasteiger partial charge in [0.15, 0.2) is 5.57 Å². The quantitative estimate of drug-likeness (QED) is 0.812. The topological polar surface area (TPSA) is 92.6 Å². The summed E-state index contributed by atoms with van der Waals surface area (Å²) in [5.74, 6) is 0.714. The average Bonchev–Trinajstić information content (AvgIpc) is 2.41. The average molecular weight is 238 g/mol. The van der Waals surface area contributed by atoms with Gasteiger partial charge in [-0.3, -0.25) is 0 Å². The SMILES string of the molecule is CCOc1ccc(NC(C#N)=C(C#N)C#N)cc1. The Hall–Kier alpha value is -2.97. The van der Waals surface area contributed by atoms with Crippen LogP contribution in [0.4, 0.5) is 5.69 Å². The summed E-state index contributed by atoms with van der Waals surface area (Å²) in [5.41, 5.74) is 0.300. The van der Waals surface area contributed by atoms with E-state index in [-0.39, 0.29) is 11.3 Å². The molecule has 0 amide bonds. The number of hydrogen-bond acceptors (Lipinski definition) is 5. The van der Waals surface area contributed by atoms with E-state index in [1.807, 2.05) is 6.92 Å². The van der Waals surface area contributed by atoms with Crippen LogP contribution in [0.3, 0.4) is 0 Å². The number of allylic oxidation sites excluding steroid dienone is 2. The van der Waals surface area contributed by atoms with Gasteiger partial charge in [0.1, 0.15) is 29.7 Å². The maximum absolute atomic E-state index is 8.86. The van der Waals surface area contributed by atoms with Gasteiger partial charge >= 0.3 is 0 Å². The van der Waals surface area contributed by atoms with Crippen molar-refractivity contribution in [3.8, 4) is 24.0 Å². The van der Waals surface area contributed by atoms with Crippen LogP contribution in [-0.4, -0.2) is 6.61 Å². The van der Waals surface area contributed by atoms with E-state index in [1.54, 1.807) is 42.5 Å². The fraction of sp³-hybridized carbons (Fsp3) is 0.154. The zero-order valence-electron chi connectivity index (χ0n) is 9.77.